The third-order valence-corrected chi connectivity index (χ3v) is 3.87. The summed E-state index contributed by atoms with van der Waals surface area (Å²) >= 11 is 0. The Morgan fingerprint density at radius 1 is 1.29 bits per heavy atom. The van der Waals surface area contributed by atoms with Crippen molar-refractivity contribution >= 4 is 6.47 Å². The van der Waals surface area contributed by atoms with Crippen LogP contribution in [0.5, 0.6) is 0 Å². The number of hydrogen-bond acceptors (Lipinski definition) is 4. The molecule has 1 aliphatic rings. The van der Waals surface area contributed by atoms with E-state index in [0.29, 0.717) is 13.1 Å². The first-order valence-electron chi connectivity index (χ1n) is 7.57. The van der Waals surface area contributed by atoms with E-state index in [1.165, 1.54) is 12.1 Å². The Kier molecular flexibility index (Phi) is 6.03. The van der Waals surface area contributed by atoms with Crippen molar-refractivity contribution < 1.29 is 19.0 Å². The van der Waals surface area contributed by atoms with Gasteiger partial charge in [-0.3, -0.25) is 4.79 Å². The van der Waals surface area contributed by atoms with Crippen molar-refractivity contribution in [1.82, 2.24) is 5.32 Å². The summed E-state index contributed by atoms with van der Waals surface area (Å²) in [5.41, 5.74) is 8.52. The van der Waals surface area contributed by atoms with Crippen molar-refractivity contribution in [3.8, 4) is 11.1 Å². The van der Waals surface area contributed by atoms with E-state index in [1.54, 1.807) is 12.1 Å². The van der Waals surface area contributed by atoms with Gasteiger partial charge in [-0.1, -0.05) is 30.3 Å². The summed E-state index contributed by atoms with van der Waals surface area (Å²) in [5, 5.41) is 10.2. The third kappa shape index (κ3) is 4.38. The lowest BCUT2D eigenvalue weighted by Crippen LogP contribution is -2.53. The zero-order valence-electron chi connectivity index (χ0n) is 13.4. The number of nitrogens with two attached hydrogens (primary N) is 1. The summed E-state index contributed by atoms with van der Waals surface area (Å²) in [6, 6.07) is 14.6. The quantitative estimate of drug-likeness (QED) is 0.735. The molecule has 128 valence electrons. The minimum absolute atomic E-state index is 0.229. The number of nitrogens with one attached hydrogen (secondary N) is 1. The van der Waals surface area contributed by atoms with Gasteiger partial charge in [0.15, 0.2) is 0 Å². The highest BCUT2D eigenvalue weighted by Crippen LogP contribution is 2.31. The fraction of sp³-hybridized carbons (Fsp3) is 0.278. The maximum atomic E-state index is 13.0. The van der Waals surface area contributed by atoms with E-state index < -0.39 is 5.60 Å². The molecule has 24 heavy (non-hydrogen) atoms. The molecular weight excluding hydrogens is 311 g/mol. The molecule has 1 heterocycles. The molecule has 0 amide bonds. The van der Waals surface area contributed by atoms with Crippen LogP contribution in [0.15, 0.2) is 48.5 Å². The Labute approximate surface area is 140 Å². The van der Waals surface area contributed by atoms with E-state index in [4.69, 9.17) is 20.4 Å². The van der Waals surface area contributed by atoms with E-state index in [0.717, 1.165) is 16.7 Å². The maximum Gasteiger partial charge on any atom is 0.290 e. The van der Waals surface area contributed by atoms with Gasteiger partial charge in [0.05, 0.1) is 0 Å². The van der Waals surface area contributed by atoms with Crippen molar-refractivity contribution in [2.45, 2.75) is 18.8 Å². The molecule has 1 fully saturated rings. The van der Waals surface area contributed by atoms with Crippen molar-refractivity contribution in [3.63, 3.8) is 0 Å². The Morgan fingerprint density at radius 2 is 1.96 bits per heavy atom. The number of hydrogen-bond donors (Lipinski definition) is 3. The first kappa shape index (κ1) is 18.1. The van der Waals surface area contributed by atoms with Gasteiger partial charge < -0.3 is 20.9 Å². The molecule has 6 heteroatoms. The zero-order valence-corrected chi connectivity index (χ0v) is 13.4. The van der Waals surface area contributed by atoms with Crippen LogP contribution in [0.2, 0.25) is 0 Å². The molecule has 0 bridgehead atoms. The molecule has 3 rings (SSSR count). The van der Waals surface area contributed by atoms with Gasteiger partial charge in [-0.25, -0.2) is 4.39 Å². The minimum atomic E-state index is -0.451. The van der Waals surface area contributed by atoms with Gasteiger partial charge >= 0.3 is 0 Å². The van der Waals surface area contributed by atoms with Crippen LogP contribution in [0.25, 0.3) is 11.1 Å². The lowest BCUT2D eigenvalue weighted by molar-refractivity contribution is -0.122. The maximum absolute atomic E-state index is 13.0. The summed E-state index contributed by atoms with van der Waals surface area (Å²) in [6.07, 6.45) is -0.307. The fourth-order valence-electron chi connectivity index (χ4n) is 2.71. The molecule has 0 aliphatic carbocycles. The minimum Gasteiger partial charge on any atom is -0.483 e. The number of halogens is 1. The molecule has 2 aromatic carbocycles. The number of rotatable bonds is 2. The zero-order chi connectivity index (χ0) is 17.6. The smallest absolute Gasteiger partial charge is 0.290 e. The molecular formula is C18H21FN2O3. The van der Waals surface area contributed by atoms with E-state index in [1.807, 2.05) is 25.1 Å². The SMILES string of the molecule is CC1(c2cccc(-c3ccc(F)cc3)c2)CNCC(N)O1.O=CO. The predicted octanol–water partition coefficient (Wildman–Crippen LogP) is 2.31. The molecule has 0 aromatic heterocycles. The molecule has 1 aliphatic heterocycles. The monoisotopic (exact) mass is 332 g/mol. The van der Waals surface area contributed by atoms with Gasteiger partial charge in [0.1, 0.15) is 17.6 Å². The summed E-state index contributed by atoms with van der Waals surface area (Å²) < 4.78 is 19.0. The van der Waals surface area contributed by atoms with Gasteiger partial charge in [0.25, 0.3) is 6.47 Å². The van der Waals surface area contributed by atoms with Gasteiger partial charge in [0, 0.05) is 13.1 Å². The van der Waals surface area contributed by atoms with E-state index in [9.17, 15) is 4.39 Å². The predicted molar refractivity (Wildman–Crippen MR) is 89.8 cm³/mol. The Bertz CT molecular complexity index is 678. The van der Waals surface area contributed by atoms with Crippen molar-refractivity contribution in [3.05, 3.63) is 59.9 Å². The average Bonchev–Trinajstić information content (AvgIpc) is 2.56. The van der Waals surface area contributed by atoms with Crippen LogP contribution >= 0.6 is 0 Å². The summed E-state index contributed by atoms with van der Waals surface area (Å²) in [6.45, 7) is 3.16. The van der Waals surface area contributed by atoms with Crippen LogP contribution in [0.3, 0.4) is 0 Å². The number of ether oxygens (including phenoxy) is 1. The molecule has 0 spiro atoms. The van der Waals surface area contributed by atoms with Gasteiger partial charge in [-0.05, 0) is 41.8 Å². The summed E-state index contributed by atoms with van der Waals surface area (Å²) in [5.74, 6) is -0.229. The van der Waals surface area contributed by atoms with Crippen molar-refractivity contribution in [2.24, 2.45) is 5.73 Å². The topological polar surface area (TPSA) is 84.6 Å². The number of benzene rings is 2. The van der Waals surface area contributed by atoms with Crippen LogP contribution < -0.4 is 11.1 Å². The van der Waals surface area contributed by atoms with Crippen LogP contribution in [0.1, 0.15) is 12.5 Å². The second-order valence-electron chi connectivity index (χ2n) is 5.71. The highest BCUT2D eigenvalue weighted by Gasteiger charge is 2.33. The highest BCUT2D eigenvalue weighted by atomic mass is 19.1. The van der Waals surface area contributed by atoms with Crippen LogP contribution in [0.4, 0.5) is 4.39 Å². The van der Waals surface area contributed by atoms with Gasteiger partial charge in [-0.2, -0.15) is 0 Å². The van der Waals surface area contributed by atoms with Crippen molar-refractivity contribution in [1.29, 1.82) is 0 Å². The second-order valence-corrected chi connectivity index (χ2v) is 5.71. The molecule has 0 saturated carbocycles. The van der Waals surface area contributed by atoms with E-state index >= 15 is 0 Å². The lowest BCUT2D eigenvalue weighted by Gasteiger charge is -2.38. The van der Waals surface area contributed by atoms with Gasteiger partial charge in [0.2, 0.25) is 0 Å². The highest BCUT2D eigenvalue weighted by molar-refractivity contribution is 5.64. The molecule has 2 aromatic rings. The Morgan fingerprint density at radius 3 is 2.58 bits per heavy atom. The summed E-state index contributed by atoms with van der Waals surface area (Å²) in [7, 11) is 0. The average molecular weight is 332 g/mol. The van der Waals surface area contributed by atoms with Crippen LogP contribution in [-0.4, -0.2) is 30.9 Å². The molecule has 4 N–H and O–H groups in total. The largest absolute Gasteiger partial charge is 0.483 e. The first-order chi connectivity index (χ1) is 11.5. The van der Waals surface area contributed by atoms with Crippen molar-refractivity contribution in [2.75, 3.05) is 13.1 Å². The number of carboxylic acid groups (broad SMARTS) is 1. The van der Waals surface area contributed by atoms with E-state index in [-0.39, 0.29) is 18.5 Å². The molecule has 2 atom stereocenters. The van der Waals surface area contributed by atoms with Gasteiger partial charge in [-0.15, -0.1) is 0 Å². The third-order valence-electron chi connectivity index (χ3n) is 3.87. The summed E-state index contributed by atoms with van der Waals surface area (Å²) in [4.78, 5) is 8.36. The van der Waals surface area contributed by atoms with E-state index in [2.05, 4.69) is 11.4 Å². The fourth-order valence-corrected chi connectivity index (χ4v) is 2.71. The number of morpholine rings is 1. The Balaban J connectivity index is 0.000000647. The molecule has 0 radical (unpaired) electrons. The standard InChI is InChI=1S/C17H19FN2O.CH2O2/c1-17(11-20-10-16(19)21-17)14-4-2-3-13(9-14)12-5-7-15(18)8-6-12;2-1-3/h2-9,16,20H,10-11,19H2,1H3;1H,(H,2,3). The Hall–Kier alpha value is -2.28. The normalized spacial score (nSPS) is 23.0. The number of carbonyl (C=O) groups is 1. The molecule has 5 nitrogen and oxygen atoms in total. The van der Waals surface area contributed by atoms with Crippen LogP contribution in [0, 0.1) is 5.82 Å². The second kappa shape index (κ2) is 8.01. The van der Waals surface area contributed by atoms with Crippen LogP contribution in [-0.2, 0) is 15.1 Å². The lowest BCUT2D eigenvalue weighted by atomic mass is 9.91. The molecule has 2 unspecified atom stereocenters. The first-order valence-corrected chi connectivity index (χ1v) is 7.57. The molecule has 1 saturated heterocycles.